The minimum atomic E-state index is 0.492. The Morgan fingerprint density at radius 3 is 2.90 bits per heavy atom. The van der Waals surface area contributed by atoms with Gasteiger partial charge in [0.25, 0.3) is 0 Å². The van der Waals surface area contributed by atoms with Gasteiger partial charge < -0.3 is 11.5 Å². The molecule has 1 aliphatic rings. The van der Waals surface area contributed by atoms with Gasteiger partial charge in [0, 0.05) is 6.42 Å². The smallest absolute Gasteiger partial charge is 0.106 e. The van der Waals surface area contributed by atoms with Gasteiger partial charge in [0.15, 0.2) is 0 Å². The summed E-state index contributed by atoms with van der Waals surface area (Å²) in [5.74, 6) is 5.62. The van der Waals surface area contributed by atoms with Crippen LogP contribution < -0.4 is 11.5 Å². The Balaban J connectivity index is 3.07. The second-order valence-electron chi connectivity index (χ2n) is 2.22. The van der Waals surface area contributed by atoms with Crippen molar-refractivity contribution in [3.05, 3.63) is 23.0 Å². The van der Waals surface area contributed by atoms with E-state index in [9.17, 15) is 0 Å². The fourth-order valence-electron chi connectivity index (χ4n) is 0.740. The van der Waals surface area contributed by atoms with Gasteiger partial charge >= 0.3 is 0 Å². The largest absolute Gasteiger partial charge is 0.396 e. The molecule has 0 aromatic heterocycles. The van der Waals surface area contributed by atoms with Gasteiger partial charge in [-0.15, -0.1) is 0 Å². The van der Waals surface area contributed by atoms with Crippen molar-refractivity contribution >= 4 is 0 Å². The van der Waals surface area contributed by atoms with Gasteiger partial charge in [0.2, 0.25) is 0 Å². The highest BCUT2D eigenvalue weighted by atomic mass is 14.7. The SMILES string of the molecule is CC1=CCC#CC(N)=C1N. The maximum absolute atomic E-state index is 5.61. The van der Waals surface area contributed by atoms with Crippen LogP contribution in [0.3, 0.4) is 0 Å². The summed E-state index contributed by atoms with van der Waals surface area (Å²) >= 11 is 0. The van der Waals surface area contributed by atoms with Gasteiger partial charge in [-0.2, -0.15) is 0 Å². The number of hydrogen-bond acceptors (Lipinski definition) is 2. The van der Waals surface area contributed by atoms with Gasteiger partial charge in [-0.25, -0.2) is 0 Å². The molecule has 52 valence electrons. The summed E-state index contributed by atoms with van der Waals surface area (Å²) in [5.41, 5.74) is 13.2. The molecule has 0 amide bonds. The van der Waals surface area contributed by atoms with E-state index in [4.69, 9.17) is 11.5 Å². The zero-order chi connectivity index (χ0) is 7.56. The van der Waals surface area contributed by atoms with E-state index in [-0.39, 0.29) is 0 Å². The number of rotatable bonds is 0. The molecule has 1 rings (SSSR count). The van der Waals surface area contributed by atoms with Crippen LogP contribution >= 0.6 is 0 Å². The van der Waals surface area contributed by atoms with Crippen LogP contribution in [0.1, 0.15) is 13.3 Å². The topological polar surface area (TPSA) is 52.0 Å². The van der Waals surface area contributed by atoms with Crippen LogP contribution in [0.4, 0.5) is 0 Å². The standard InChI is InChI=1S/C8H10N2/c1-6-4-2-3-5-7(9)8(6)10/h4H,2,9-10H2,1H3. The van der Waals surface area contributed by atoms with E-state index in [0.717, 1.165) is 12.0 Å². The molecule has 0 atom stereocenters. The van der Waals surface area contributed by atoms with Crippen molar-refractivity contribution in [2.75, 3.05) is 0 Å². The lowest BCUT2D eigenvalue weighted by atomic mass is 10.2. The fourth-order valence-corrected chi connectivity index (χ4v) is 0.740. The fraction of sp³-hybridized carbons (Fsp3) is 0.250. The van der Waals surface area contributed by atoms with Crippen molar-refractivity contribution in [2.45, 2.75) is 13.3 Å². The quantitative estimate of drug-likeness (QED) is 0.473. The molecule has 0 spiro atoms. The summed E-state index contributed by atoms with van der Waals surface area (Å²) in [6.45, 7) is 1.93. The van der Waals surface area contributed by atoms with E-state index in [0.29, 0.717) is 11.4 Å². The third kappa shape index (κ3) is 1.14. The molecule has 1 aliphatic carbocycles. The van der Waals surface area contributed by atoms with E-state index in [1.807, 2.05) is 13.0 Å². The van der Waals surface area contributed by atoms with Crippen molar-refractivity contribution in [1.82, 2.24) is 0 Å². The maximum Gasteiger partial charge on any atom is 0.106 e. The molecule has 0 saturated carbocycles. The Bertz CT molecular complexity index is 261. The van der Waals surface area contributed by atoms with Crippen LogP contribution in [0.2, 0.25) is 0 Å². The van der Waals surface area contributed by atoms with Crippen LogP contribution in [-0.4, -0.2) is 0 Å². The summed E-state index contributed by atoms with van der Waals surface area (Å²) in [6.07, 6.45) is 2.72. The van der Waals surface area contributed by atoms with Gasteiger partial charge in [-0.05, 0) is 18.4 Å². The average Bonchev–Trinajstić information content (AvgIpc) is 2.04. The van der Waals surface area contributed by atoms with E-state index >= 15 is 0 Å². The van der Waals surface area contributed by atoms with Crippen LogP contribution in [0.15, 0.2) is 23.0 Å². The molecule has 10 heavy (non-hydrogen) atoms. The van der Waals surface area contributed by atoms with Crippen molar-refractivity contribution in [1.29, 1.82) is 0 Å². The molecule has 0 saturated heterocycles. The predicted molar refractivity (Wildman–Crippen MR) is 41.6 cm³/mol. The molecule has 2 nitrogen and oxygen atoms in total. The zero-order valence-electron chi connectivity index (χ0n) is 5.94. The Morgan fingerprint density at radius 1 is 1.50 bits per heavy atom. The predicted octanol–water partition coefficient (Wildman–Crippen LogP) is 0.469. The van der Waals surface area contributed by atoms with Crippen molar-refractivity contribution in [2.24, 2.45) is 11.5 Å². The minimum Gasteiger partial charge on any atom is -0.396 e. The molecular formula is C8H10N2. The van der Waals surface area contributed by atoms with Crippen LogP contribution in [0, 0.1) is 11.8 Å². The average molecular weight is 134 g/mol. The van der Waals surface area contributed by atoms with E-state index in [1.54, 1.807) is 0 Å². The summed E-state index contributed by atoms with van der Waals surface area (Å²) in [6, 6.07) is 0. The number of hydrogen-bond donors (Lipinski definition) is 2. The second kappa shape index (κ2) is 2.49. The van der Waals surface area contributed by atoms with Gasteiger partial charge in [-0.1, -0.05) is 12.0 Å². The molecule has 0 aromatic carbocycles. The van der Waals surface area contributed by atoms with E-state index < -0.39 is 0 Å². The summed E-state index contributed by atoms with van der Waals surface area (Å²) in [5, 5.41) is 0. The lowest BCUT2D eigenvalue weighted by Crippen LogP contribution is -2.08. The Labute approximate surface area is 60.6 Å². The molecule has 0 heterocycles. The summed E-state index contributed by atoms with van der Waals surface area (Å²) < 4.78 is 0. The lowest BCUT2D eigenvalue weighted by molar-refractivity contribution is 1.21. The first-order chi connectivity index (χ1) is 4.72. The monoisotopic (exact) mass is 134 g/mol. The number of nitrogens with two attached hydrogens (primary N) is 2. The molecule has 2 heteroatoms. The van der Waals surface area contributed by atoms with Gasteiger partial charge in [0.05, 0.1) is 5.70 Å². The summed E-state index contributed by atoms with van der Waals surface area (Å²) in [7, 11) is 0. The molecule has 0 fully saturated rings. The third-order valence-corrected chi connectivity index (χ3v) is 1.45. The van der Waals surface area contributed by atoms with Crippen LogP contribution in [0.5, 0.6) is 0 Å². The molecule has 0 aliphatic heterocycles. The zero-order valence-corrected chi connectivity index (χ0v) is 5.94. The minimum absolute atomic E-state index is 0.492. The molecular weight excluding hydrogens is 124 g/mol. The van der Waals surface area contributed by atoms with Crippen LogP contribution in [0.25, 0.3) is 0 Å². The highest BCUT2D eigenvalue weighted by molar-refractivity contribution is 5.42. The second-order valence-corrected chi connectivity index (χ2v) is 2.22. The third-order valence-electron chi connectivity index (χ3n) is 1.45. The highest BCUT2D eigenvalue weighted by Crippen LogP contribution is 2.08. The first-order valence-electron chi connectivity index (χ1n) is 3.13. The normalized spacial score (nSPS) is 17.1. The van der Waals surface area contributed by atoms with Gasteiger partial charge in [-0.3, -0.25) is 0 Å². The molecule has 0 aromatic rings. The van der Waals surface area contributed by atoms with E-state index in [1.165, 1.54) is 0 Å². The molecule has 0 bridgehead atoms. The first kappa shape index (κ1) is 6.76. The van der Waals surface area contributed by atoms with Crippen molar-refractivity contribution < 1.29 is 0 Å². The van der Waals surface area contributed by atoms with Crippen LogP contribution in [-0.2, 0) is 0 Å². The Hall–Kier alpha value is -1.36. The van der Waals surface area contributed by atoms with Crippen molar-refractivity contribution in [3.8, 4) is 11.8 Å². The Morgan fingerprint density at radius 2 is 2.20 bits per heavy atom. The molecule has 0 unspecified atom stereocenters. The van der Waals surface area contributed by atoms with Crippen molar-refractivity contribution in [3.63, 3.8) is 0 Å². The first-order valence-corrected chi connectivity index (χ1v) is 3.13. The Kier molecular flexibility index (Phi) is 1.68. The molecule has 0 radical (unpaired) electrons. The number of allylic oxidation sites excluding steroid dienone is 3. The maximum atomic E-state index is 5.61. The lowest BCUT2D eigenvalue weighted by Gasteiger charge is -1.99. The van der Waals surface area contributed by atoms with E-state index in [2.05, 4.69) is 11.8 Å². The van der Waals surface area contributed by atoms with Gasteiger partial charge in [0.1, 0.15) is 5.70 Å². The summed E-state index contributed by atoms with van der Waals surface area (Å²) in [4.78, 5) is 0. The highest BCUT2D eigenvalue weighted by Gasteiger charge is 1.99. The molecule has 4 N–H and O–H groups in total.